The molecular formula is C16H22N4. The van der Waals surface area contributed by atoms with Crippen molar-refractivity contribution in [1.82, 2.24) is 20.3 Å². The minimum Gasteiger partial charge on any atom is -0.311 e. The highest BCUT2D eigenvalue weighted by atomic mass is 15.4. The molecule has 1 heterocycles. The minimum atomic E-state index is 0.788. The predicted octanol–water partition coefficient (Wildman–Crippen LogP) is 2.44. The molecule has 2 aromatic rings. The first kappa shape index (κ1) is 13.3. The van der Waals surface area contributed by atoms with Crippen LogP contribution in [0.25, 0.3) is 0 Å². The summed E-state index contributed by atoms with van der Waals surface area (Å²) in [6, 6.07) is 6.55. The van der Waals surface area contributed by atoms with Gasteiger partial charge < -0.3 is 5.32 Å². The molecule has 0 aliphatic heterocycles. The van der Waals surface area contributed by atoms with Crippen LogP contribution in [0.15, 0.2) is 24.4 Å². The summed E-state index contributed by atoms with van der Waals surface area (Å²) >= 11 is 0. The van der Waals surface area contributed by atoms with Crippen LogP contribution in [-0.2, 0) is 13.1 Å². The first-order valence-electron chi connectivity index (χ1n) is 7.36. The van der Waals surface area contributed by atoms with E-state index in [1.807, 2.05) is 10.9 Å². The average molecular weight is 270 g/mol. The number of aromatic nitrogens is 3. The molecule has 1 aliphatic carbocycles. The van der Waals surface area contributed by atoms with Crippen molar-refractivity contribution in [2.75, 3.05) is 6.54 Å². The van der Waals surface area contributed by atoms with E-state index in [1.165, 1.54) is 29.5 Å². The molecule has 1 aromatic heterocycles. The third-order valence-corrected chi connectivity index (χ3v) is 3.94. The molecule has 4 nitrogen and oxygen atoms in total. The standard InChI is InChI=1S/C16H22N4/c1-12-3-4-15(7-13(12)2)10-20-11-16(18-19-20)9-17-8-14-5-6-14/h3-4,7,11,14,17H,5-6,8-10H2,1-2H3. The van der Waals surface area contributed by atoms with Gasteiger partial charge in [0.05, 0.1) is 18.4 Å². The molecule has 0 bridgehead atoms. The van der Waals surface area contributed by atoms with E-state index in [0.717, 1.165) is 31.2 Å². The molecule has 0 atom stereocenters. The van der Waals surface area contributed by atoms with Crippen molar-refractivity contribution in [3.05, 3.63) is 46.8 Å². The molecule has 106 valence electrons. The Morgan fingerprint density at radius 2 is 2.10 bits per heavy atom. The number of benzene rings is 1. The Morgan fingerprint density at radius 1 is 1.25 bits per heavy atom. The van der Waals surface area contributed by atoms with Gasteiger partial charge in [-0.2, -0.15) is 0 Å². The minimum absolute atomic E-state index is 0.788. The lowest BCUT2D eigenvalue weighted by atomic mass is 10.1. The second kappa shape index (κ2) is 5.75. The maximum absolute atomic E-state index is 4.22. The first-order valence-corrected chi connectivity index (χ1v) is 7.36. The van der Waals surface area contributed by atoms with Crippen molar-refractivity contribution in [2.24, 2.45) is 5.92 Å². The lowest BCUT2D eigenvalue weighted by Crippen LogP contribution is -2.16. The zero-order chi connectivity index (χ0) is 13.9. The van der Waals surface area contributed by atoms with Gasteiger partial charge in [0.2, 0.25) is 0 Å². The summed E-state index contributed by atoms with van der Waals surface area (Å²) in [6.45, 7) is 7.01. The molecule has 0 unspecified atom stereocenters. The Labute approximate surface area is 120 Å². The first-order chi connectivity index (χ1) is 9.70. The van der Waals surface area contributed by atoms with Crippen LogP contribution < -0.4 is 5.32 Å². The molecule has 1 N–H and O–H groups in total. The van der Waals surface area contributed by atoms with E-state index in [-0.39, 0.29) is 0 Å². The molecule has 4 heteroatoms. The van der Waals surface area contributed by atoms with Crippen molar-refractivity contribution in [1.29, 1.82) is 0 Å². The zero-order valence-corrected chi connectivity index (χ0v) is 12.3. The van der Waals surface area contributed by atoms with Crippen molar-refractivity contribution in [2.45, 2.75) is 39.8 Å². The van der Waals surface area contributed by atoms with Gasteiger partial charge >= 0.3 is 0 Å². The summed E-state index contributed by atoms with van der Waals surface area (Å²) in [5, 5.41) is 11.9. The second-order valence-corrected chi connectivity index (χ2v) is 5.90. The fraction of sp³-hybridized carbons (Fsp3) is 0.500. The Morgan fingerprint density at radius 3 is 2.85 bits per heavy atom. The number of hydrogen-bond donors (Lipinski definition) is 1. The highest BCUT2D eigenvalue weighted by Gasteiger charge is 2.20. The van der Waals surface area contributed by atoms with Crippen LogP contribution in [-0.4, -0.2) is 21.5 Å². The van der Waals surface area contributed by atoms with Gasteiger partial charge in [-0.3, -0.25) is 0 Å². The largest absolute Gasteiger partial charge is 0.311 e. The topological polar surface area (TPSA) is 42.7 Å². The predicted molar refractivity (Wildman–Crippen MR) is 79.5 cm³/mol. The van der Waals surface area contributed by atoms with Crippen LogP contribution in [0.5, 0.6) is 0 Å². The fourth-order valence-corrected chi connectivity index (χ4v) is 2.31. The Kier molecular flexibility index (Phi) is 3.83. The van der Waals surface area contributed by atoms with Crippen LogP contribution in [0, 0.1) is 19.8 Å². The van der Waals surface area contributed by atoms with Crippen molar-refractivity contribution >= 4 is 0 Å². The van der Waals surface area contributed by atoms with E-state index in [4.69, 9.17) is 0 Å². The average Bonchev–Trinajstić information content (AvgIpc) is 3.14. The summed E-state index contributed by atoms with van der Waals surface area (Å²) in [5.74, 6) is 0.903. The summed E-state index contributed by atoms with van der Waals surface area (Å²) in [7, 11) is 0. The number of hydrogen-bond acceptors (Lipinski definition) is 3. The quantitative estimate of drug-likeness (QED) is 0.876. The summed E-state index contributed by atoms with van der Waals surface area (Å²) < 4.78 is 1.91. The van der Waals surface area contributed by atoms with E-state index >= 15 is 0 Å². The number of aryl methyl sites for hydroxylation is 2. The molecule has 0 saturated heterocycles. The molecule has 3 rings (SSSR count). The van der Waals surface area contributed by atoms with Crippen LogP contribution in [0.4, 0.5) is 0 Å². The molecule has 1 aliphatic rings. The molecule has 1 fully saturated rings. The molecule has 1 aromatic carbocycles. The van der Waals surface area contributed by atoms with E-state index < -0.39 is 0 Å². The lowest BCUT2D eigenvalue weighted by molar-refractivity contribution is 0.627. The number of nitrogens with one attached hydrogen (secondary N) is 1. The fourth-order valence-electron chi connectivity index (χ4n) is 2.31. The molecule has 0 amide bonds. The van der Waals surface area contributed by atoms with Gasteiger partial charge in [-0.1, -0.05) is 23.4 Å². The number of nitrogens with zero attached hydrogens (tertiary/aromatic N) is 3. The van der Waals surface area contributed by atoms with E-state index in [9.17, 15) is 0 Å². The van der Waals surface area contributed by atoms with Crippen molar-refractivity contribution < 1.29 is 0 Å². The van der Waals surface area contributed by atoms with Gasteiger partial charge in [-0.05, 0) is 55.8 Å². The van der Waals surface area contributed by atoms with E-state index in [1.54, 1.807) is 0 Å². The van der Waals surface area contributed by atoms with Crippen LogP contribution in [0.1, 0.15) is 35.2 Å². The second-order valence-electron chi connectivity index (χ2n) is 5.90. The third-order valence-electron chi connectivity index (χ3n) is 3.94. The van der Waals surface area contributed by atoms with Crippen LogP contribution in [0.2, 0.25) is 0 Å². The van der Waals surface area contributed by atoms with Crippen LogP contribution in [0.3, 0.4) is 0 Å². The Bertz CT molecular complexity index is 584. The lowest BCUT2D eigenvalue weighted by Gasteiger charge is -2.04. The molecule has 1 saturated carbocycles. The van der Waals surface area contributed by atoms with Gasteiger partial charge in [0, 0.05) is 6.54 Å². The van der Waals surface area contributed by atoms with Crippen molar-refractivity contribution in [3.8, 4) is 0 Å². The molecule has 0 spiro atoms. The monoisotopic (exact) mass is 270 g/mol. The van der Waals surface area contributed by atoms with Gasteiger partial charge in [0.1, 0.15) is 0 Å². The molecular weight excluding hydrogens is 248 g/mol. The maximum Gasteiger partial charge on any atom is 0.0964 e. The zero-order valence-electron chi connectivity index (χ0n) is 12.3. The smallest absolute Gasteiger partial charge is 0.0964 e. The SMILES string of the molecule is Cc1ccc(Cn2cc(CNCC3CC3)nn2)cc1C. The summed E-state index contributed by atoms with van der Waals surface area (Å²) in [6.07, 6.45) is 4.80. The molecule has 0 radical (unpaired) electrons. The molecule has 20 heavy (non-hydrogen) atoms. The third kappa shape index (κ3) is 3.45. The van der Waals surface area contributed by atoms with Gasteiger partial charge in [0.15, 0.2) is 0 Å². The van der Waals surface area contributed by atoms with Gasteiger partial charge in [-0.25, -0.2) is 4.68 Å². The van der Waals surface area contributed by atoms with E-state index in [0.29, 0.717) is 0 Å². The summed E-state index contributed by atoms with van der Waals surface area (Å²) in [4.78, 5) is 0. The highest BCUT2D eigenvalue weighted by Crippen LogP contribution is 2.27. The van der Waals surface area contributed by atoms with Crippen LogP contribution >= 0.6 is 0 Å². The Balaban J connectivity index is 1.56. The maximum atomic E-state index is 4.22. The highest BCUT2D eigenvalue weighted by molar-refractivity contribution is 5.29. The van der Waals surface area contributed by atoms with Gasteiger partial charge in [0.25, 0.3) is 0 Å². The Hall–Kier alpha value is -1.68. The summed E-state index contributed by atoms with van der Waals surface area (Å²) in [5.41, 5.74) is 4.95. The van der Waals surface area contributed by atoms with Gasteiger partial charge in [-0.15, -0.1) is 5.10 Å². The normalized spacial score (nSPS) is 14.7. The number of rotatable bonds is 6. The van der Waals surface area contributed by atoms with Crippen molar-refractivity contribution in [3.63, 3.8) is 0 Å². The van der Waals surface area contributed by atoms with E-state index in [2.05, 4.69) is 47.7 Å².